The zero-order chi connectivity index (χ0) is 23.5. The summed E-state index contributed by atoms with van der Waals surface area (Å²) in [5.74, 6) is -0.979. The fourth-order valence-corrected chi connectivity index (χ4v) is 5.62. The van der Waals surface area contributed by atoms with E-state index in [0.29, 0.717) is 19.4 Å². The lowest BCUT2D eigenvalue weighted by molar-refractivity contribution is -0.126. The number of nitrogens with one attached hydrogen (secondary N) is 1. The molecule has 2 aromatic rings. The number of likely N-dealkylation sites (N-methyl/N-ethyl adjacent to an activating group) is 1. The summed E-state index contributed by atoms with van der Waals surface area (Å²) in [5.41, 5.74) is 2.31. The second-order valence-corrected chi connectivity index (χ2v) is 10.7. The summed E-state index contributed by atoms with van der Waals surface area (Å²) in [6.07, 6.45) is 0.855. The van der Waals surface area contributed by atoms with Crippen molar-refractivity contribution in [3.05, 3.63) is 64.4 Å². The summed E-state index contributed by atoms with van der Waals surface area (Å²) in [5, 5.41) is 2.81. The van der Waals surface area contributed by atoms with E-state index in [-0.39, 0.29) is 40.9 Å². The molecule has 0 saturated carbocycles. The van der Waals surface area contributed by atoms with Crippen molar-refractivity contribution in [1.29, 1.82) is 0 Å². The molecule has 2 aromatic carbocycles. The number of carbonyl (C=O) groups is 1. The van der Waals surface area contributed by atoms with E-state index in [4.69, 9.17) is 11.6 Å². The molecule has 0 aliphatic carbocycles. The predicted molar refractivity (Wildman–Crippen MR) is 124 cm³/mol. The summed E-state index contributed by atoms with van der Waals surface area (Å²) >= 11 is 5.74. The SMILES string of the molecule is Cc1ccc(C(CNC(=O)C2CCN(S(=O)(=O)c3ccc(F)c(Cl)c3)CC2)N(C)C)cc1. The van der Waals surface area contributed by atoms with Crippen molar-refractivity contribution in [3.8, 4) is 0 Å². The third kappa shape index (κ3) is 5.67. The van der Waals surface area contributed by atoms with Crippen molar-refractivity contribution in [2.45, 2.75) is 30.7 Å². The van der Waals surface area contributed by atoms with E-state index in [0.717, 1.165) is 17.7 Å². The summed E-state index contributed by atoms with van der Waals surface area (Å²) in [4.78, 5) is 14.8. The molecule has 0 aromatic heterocycles. The van der Waals surface area contributed by atoms with Gasteiger partial charge in [-0.25, -0.2) is 12.8 Å². The first kappa shape index (κ1) is 24.6. The number of rotatable bonds is 7. The van der Waals surface area contributed by atoms with Crippen LogP contribution in [0.15, 0.2) is 47.4 Å². The van der Waals surface area contributed by atoms with E-state index in [9.17, 15) is 17.6 Å². The number of amides is 1. The Hall–Kier alpha value is -2.00. The molecule has 3 rings (SSSR count). The molecule has 1 aliphatic rings. The van der Waals surface area contributed by atoms with E-state index >= 15 is 0 Å². The van der Waals surface area contributed by atoms with Crippen molar-refractivity contribution in [2.24, 2.45) is 5.92 Å². The lowest BCUT2D eigenvalue weighted by Gasteiger charge is -2.31. The number of carbonyl (C=O) groups excluding carboxylic acids is 1. The normalized spacial score (nSPS) is 16.8. The van der Waals surface area contributed by atoms with Gasteiger partial charge in [0, 0.05) is 25.6 Å². The van der Waals surface area contributed by atoms with Gasteiger partial charge in [0.05, 0.1) is 16.0 Å². The maximum atomic E-state index is 13.4. The number of piperidine rings is 1. The third-order valence-electron chi connectivity index (χ3n) is 5.91. The molecule has 1 aliphatic heterocycles. The number of benzene rings is 2. The lowest BCUT2D eigenvalue weighted by atomic mass is 9.97. The molecule has 0 radical (unpaired) electrons. The van der Waals surface area contributed by atoms with Gasteiger partial charge >= 0.3 is 0 Å². The van der Waals surface area contributed by atoms with Crippen LogP contribution in [0.5, 0.6) is 0 Å². The Labute approximate surface area is 194 Å². The molecular weight excluding hydrogens is 453 g/mol. The average Bonchev–Trinajstić information content (AvgIpc) is 2.76. The highest BCUT2D eigenvalue weighted by Gasteiger charge is 2.32. The van der Waals surface area contributed by atoms with Crippen molar-refractivity contribution in [1.82, 2.24) is 14.5 Å². The van der Waals surface area contributed by atoms with Gasteiger partial charge in [-0.2, -0.15) is 4.31 Å². The van der Waals surface area contributed by atoms with Gasteiger partial charge in [-0.1, -0.05) is 41.4 Å². The molecule has 0 spiro atoms. The van der Waals surface area contributed by atoms with Gasteiger partial charge in [-0.05, 0) is 57.6 Å². The molecule has 1 heterocycles. The van der Waals surface area contributed by atoms with Crippen LogP contribution in [-0.4, -0.2) is 57.3 Å². The molecule has 9 heteroatoms. The Balaban J connectivity index is 1.57. The first-order valence-corrected chi connectivity index (χ1v) is 12.4. The summed E-state index contributed by atoms with van der Waals surface area (Å²) in [7, 11) is 0.165. The Morgan fingerprint density at radius 3 is 2.38 bits per heavy atom. The summed E-state index contributed by atoms with van der Waals surface area (Å²) in [6.45, 7) is 2.96. The van der Waals surface area contributed by atoms with E-state index in [2.05, 4.69) is 34.5 Å². The number of sulfonamides is 1. The van der Waals surface area contributed by atoms with Crippen LogP contribution in [0, 0.1) is 18.7 Å². The molecular formula is C23H29ClFN3O3S. The second kappa shape index (κ2) is 10.3. The Morgan fingerprint density at radius 2 is 1.81 bits per heavy atom. The highest BCUT2D eigenvalue weighted by atomic mass is 35.5. The predicted octanol–water partition coefficient (Wildman–Crippen LogP) is 3.61. The third-order valence-corrected chi connectivity index (χ3v) is 8.09. The lowest BCUT2D eigenvalue weighted by Crippen LogP contribution is -2.44. The Morgan fingerprint density at radius 1 is 1.19 bits per heavy atom. The molecule has 6 nitrogen and oxygen atoms in total. The number of hydrogen-bond acceptors (Lipinski definition) is 4. The highest BCUT2D eigenvalue weighted by molar-refractivity contribution is 7.89. The van der Waals surface area contributed by atoms with Crippen LogP contribution in [0.2, 0.25) is 5.02 Å². The highest BCUT2D eigenvalue weighted by Crippen LogP contribution is 2.27. The molecule has 32 heavy (non-hydrogen) atoms. The van der Waals surface area contributed by atoms with Crippen LogP contribution >= 0.6 is 11.6 Å². The zero-order valence-electron chi connectivity index (χ0n) is 18.5. The quantitative estimate of drug-likeness (QED) is 0.656. The summed E-state index contributed by atoms with van der Waals surface area (Å²) < 4.78 is 40.4. The Kier molecular flexibility index (Phi) is 7.92. The first-order valence-electron chi connectivity index (χ1n) is 10.6. The van der Waals surface area contributed by atoms with Crippen LogP contribution < -0.4 is 5.32 Å². The van der Waals surface area contributed by atoms with E-state index in [1.54, 1.807) is 0 Å². The van der Waals surface area contributed by atoms with Gasteiger partial charge < -0.3 is 10.2 Å². The molecule has 1 amide bonds. The van der Waals surface area contributed by atoms with Gasteiger partial charge in [-0.15, -0.1) is 0 Å². The summed E-state index contributed by atoms with van der Waals surface area (Å²) in [6, 6.07) is 11.7. The van der Waals surface area contributed by atoms with Crippen molar-refractivity contribution in [2.75, 3.05) is 33.7 Å². The molecule has 1 saturated heterocycles. The largest absolute Gasteiger partial charge is 0.354 e. The van der Waals surface area contributed by atoms with Gasteiger partial charge in [0.1, 0.15) is 5.82 Å². The maximum absolute atomic E-state index is 13.4. The topological polar surface area (TPSA) is 69.7 Å². The average molecular weight is 482 g/mol. The molecule has 174 valence electrons. The molecule has 1 unspecified atom stereocenters. The number of aryl methyl sites for hydroxylation is 1. The Bertz CT molecular complexity index is 1050. The van der Waals surface area contributed by atoms with Crippen molar-refractivity contribution >= 4 is 27.5 Å². The van der Waals surface area contributed by atoms with E-state index < -0.39 is 15.8 Å². The minimum absolute atomic E-state index is 0.0428. The maximum Gasteiger partial charge on any atom is 0.243 e. The van der Waals surface area contributed by atoms with Crippen LogP contribution in [-0.2, 0) is 14.8 Å². The van der Waals surface area contributed by atoms with Crippen LogP contribution in [0.25, 0.3) is 0 Å². The molecule has 1 fully saturated rings. The van der Waals surface area contributed by atoms with E-state index in [1.165, 1.54) is 15.9 Å². The number of halogens is 2. The minimum atomic E-state index is -3.78. The van der Waals surface area contributed by atoms with Gasteiger partial charge in [0.25, 0.3) is 0 Å². The van der Waals surface area contributed by atoms with Crippen molar-refractivity contribution in [3.63, 3.8) is 0 Å². The standard InChI is InChI=1S/C23H29ClFN3O3S/c1-16-4-6-17(7-5-16)22(27(2)3)15-26-23(29)18-10-12-28(13-11-18)32(30,31)19-8-9-21(25)20(24)14-19/h4-9,14,18,22H,10-13,15H2,1-3H3,(H,26,29). The zero-order valence-corrected chi connectivity index (χ0v) is 20.1. The van der Waals surface area contributed by atoms with Crippen molar-refractivity contribution < 1.29 is 17.6 Å². The monoisotopic (exact) mass is 481 g/mol. The molecule has 0 bridgehead atoms. The first-order chi connectivity index (χ1) is 15.1. The van der Waals surface area contributed by atoms with Crippen LogP contribution in [0.1, 0.15) is 30.0 Å². The smallest absolute Gasteiger partial charge is 0.243 e. The van der Waals surface area contributed by atoms with Gasteiger partial charge in [-0.3, -0.25) is 4.79 Å². The fraction of sp³-hybridized carbons (Fsp3) is 0.435. The van der Waals surface area contributed by atoms with Gasteiger partial charge in [0.2, 0.25) is 15.9 Å². The number of hydrogen-bond donors (Lipinski definition) is 1. The van der Waals surface area contributed by atoms with Crippen LogP contribution in [0.3, 0.4) is 0 Å². The number of nitrogens with zero attached hydrogens (tertiary/aromatic N) is 2. The molecule has 1 N–H and O–H groups in total. The van der Waals surface area contributed by atoms with E-state index in [1.807, 2.05) is 21.0 Å². The second-order valence-electron chi connectivity index (χ2n) is 8.39. The molecule has 1 atom stereocenters. The van der Waals surface area contributed by atoms with Gasteiger partial charge in [0.15, 0.2) is 0 Å². The van der Waals surface area contributed by atoms with Crippen LogP contribution in [0.4, 0.5) is 4.39 Å². The minimum Gasteiger partial charge on any atom is -0.354 e. The fourth-order valence-electron chi connectivity index (χ4n) is 3.87.